The van der Waals surface area contributed by atoms with Gasteiger partial charge >= 0.3 is 5.97 Å². The molecule has 1 aromatic heterocycles. The number of rotatable bonds is 2. The lowest BCUT2D eigenvalue weighted by Crippen LogP contribution is -2.23. The molecule has 4 heteroatoms. The van der Waals surface area contributed by atoms with Crippen LogP contribution in [0.4, 0.5) is 0 Å². The standard InChI is InChI=1S/C16H20N2O2/c1-16(2)7-5-12(6-8-16)18-10-17-13-4-3-11(15(19)20)9-14(13)18/h3-4,9-10,12H,5-8H2,1-2H3,(H,19,20). The Morgan fingerprint density at radius 2 is 2.05 bits per heavy atom. The molecule has 1 fully saturated rings. The third kappa shape index (κ3) is 2.30. The van der Waals surface area contributed by atoms with E-state index >= 15 is 0 Å². The second-order valence-electron chi connectivity index (χ2n) is 6.56. The molecule has 1 heterocycles. The van der Waals surface area contributed by atoms with Gasteiger partial charge < -0.3 is 9.67 Å². The number of imidazole rings is 1. The first kappa shape index (κ1) is 13.2. The van der Waals surface area contributed by atoms with Crippen LogP contribution in [0.2, 0.25) is 0 Å². The van der Waals surface area contributed by atoms with Gasteiger partial charge in [0.15, 0.2) is 0 Å². The largest absolute Gasteiger partial charge is 0.478 e. The SMILES string of the molecule is CC1(C)CCC(n2cnc3ccc(C(=O)O)cc32)CC1. The molecule has 0 atom stereocenters. The van der Waals surface area contributed by atoms with Crippen LogP contribution >= 0.6 is 0 Å². The molecule has 3 rings (SSSR count). The van der Waals surface area contributed by atoms with Crippen LogP contribution in [0.15, 0.2) is 24.5 Å². The van der Waals surface area contributed by atoms with E-state index in [4.69, 9.17) is 5.11 Å². The van der Waals surface area contributed by atoms with Crippen LogP contribution < -0.4 is 0 Å². The van der Waals surface area contributed by atoms with Gasteiger partial charge in [0.2, 0.25) is 0 Å². The lowest BCUT2D eigenvalue weighted by molar-refractivity contribution is 0.0697. The van der Waals surface area contributed by atoms with Crippen LogP contribution in [0, 0.1) is 5.41 Å². The summed E-state index contributed by atoms with van der Waals surface area (Å²) in [5, 5.41) is 9.12. The smallest absolute Gasteiger partial charge is 0.335 e. The van der Waals surface area contributed by atoms with Crippen LogP contribution in [0.1, 0.15) is 55.9 Å². The molecule has 106 valence electrons. The molecule has 0 amide bonds. The Morgan fingerprint density at radius 1 is 1.35 bits per heavy atom. The lowest BCUT2D eigenvalue weighted by Gasteiger charge is -2.35. The molecule has 20 heavy (non-hydrogen) atoms. The van der Waals surface area contributed by atoms with Crippen LogP contribution in [0.3, 0.4) is 0 Å². The first-order valence-corrected chi connectivity index (χ1v) is 7.16. The number of nitrogens with zero attached hydrogens (tertiary/aromatic N) is 2. The number of hydrogen-bond donors (Lipinski definition) is 1. The molecule has 0 bridgehead atoms. The van der Waals surface area contributed by atoms with Crippen LogP contribution in [-0.4, -0.2) is 20.6 Å². The maximum Gasteiger partial charge on any atom is 0.335 e. The second kappa shape index (κ2) is 4.62. The Hall–Kier alpha value is -1.84. The first-order valence-electron chi connectivity index (χ1n) is 7.16. The molecule has 4 nitrogen and oxygen atoms in total. The van der Waals surface area contributed by atoms with Gasteiger partial charge in [-0.3, -0.25) is 0 Å². The topological polar surface area (TPSA) is 55.1 Å². The van der Waals surface area contributed by atoms with Crippen molar-refractivity contribution in [2.24, 2.45) is 5.41 Å². The monoisotopic (exact) mass is 272 g/mol. The van der Waals surface area contributed by atoms with Crippen molar-refractivity contribution in [1.82, 2.24) is 9.55 Å². The summed E-state index contributed by atoms with van der Waals surface area (Å²) in [6.45, 7) is 4.63. The Bertz CT molecular complexity index is 648. The molecule has 1 saturated carbocycles. The predicted octanol–water partition coefficient (Wildman–Crippen LogP) is 3.88. The van der Waals surface area contributed by atoms with Gasteiger partial charge in [0.05, 0.1) is 22.9 Å². The minimum atomic E-state index is -0.885. The summed E-state index contributed by atoms with van der Waals surface area (Å²) in [7, 11) is 0. The van der Waals surface area contributed by atoms with Gasteiger partial charge in [-0.1, -0.05) is 13.8 Å². The van der Waals surface area contributed by atoms with E-state index in [9.17, 15) is 4.79 Å². The van der Waals surface area contributed by atoms with Crippen molar-refractivity contribution < 1.29 is 9.90 Å². The van der Waals surface area contributed by atoms with Crippen molar-refractivity contribution >= 4 is 17.0 Å². The third-order valence-corrected chi connectivity index (χ3v) is 4.52. The molecule has 0 spiro atoms. The van der Waals surface area contributed by atoms with E-state index in [2.05, 4.69) is 23.4 Å². The van der Waals surface area contributed by atoms with Crippen molar-refractivity contribution in [2.45, 2.75) is 45.6 Å². The van der Waals surface area contributed by atoms with Crippen molar-refractivity contribution in [3.05, 3.63) is 30.1 Å². The Balaban J connectivity index is 1.96. The second-order valence-corrected chi connectivity index (χ2v) is 6.56. The number of aromatic nitrogens is 2. The van der Waals surface area contributed by atoms with Gasteiger partial charge in [0.25, 0.3) is 0 Å². The van der Waals surface area contributed by atoms with E-state index in [0.717, 1.165) is 23.9 Å². The molecule has 1 aromatic carbocycles. The minimum Gasteiger partial charge on any atom is -0.478 e. The van der Waals surface area contributed by atoms with E-state index in [-0.39, 0.29) is 0 Å². The van der Waals surface area contributed by atoms with Crippen molar-refractivity contribution in [3.63, 3.8) is 0 Å². The van der Waals surface area contributed by atoms with Crippen molar-refractivity contribution in [3.8, 4) is 0 Å². The number of benzene rings is 1. The zero-order valence-corrected chi connectivity index (χ0v) is 12.0. The van der Waals surface area contributed by atoms with E-state index in [1.165, 1.54) is 12.8 Å². The summed E-state index contributed by atoms with van der Waals surface area (Å²) in [6, 6.07) is 5.59. The van der Waals surface area contributed by atoms with Gasteiger partial charge in [0.1, 0.15) is 0 Å². The average Bonchev–Trinajstić information content (AvgIpc) is 2.81. The van der Waals surface area contributed by atoms with Crippen molar-refractivity contribution in [2.75, 3.05) is 0 Å². The number of hydrogen-bond acceptors (Lipinski definition) is 2. The average molecular weight is 272 g/mol. The molecule has 1 aliphatic rings. The lowest BCUT2D eigenvalue weighted by atomic mass is 9.75. The van der Waals surface area contributed by atoms with Crippen LogP contribution in [-0.2, 0) is 0 Å². The van der Waals surface area contributed by atoms with Crippen LogP contribution in [0.5, 0.6) is 0 Å². The molecule has 2 aromatic rings. The fourth-order valence-corrected chi connectivity index (χ4v) is 3.11. The third-order valence-electron chi connectivity index (χ3n) is 4.52. The highest BCUT2D eigenvalue weighted by atomic mass is 16.4. The molecule has 0 radical (unpaired) electrons. The summed E-state index contributed by atoms with van der Waals surface area (Å²) in [6.07, 6.45) is 6.54. The van der Waals surface area contributed by atoms with Crippen molar-refractivity contribution in [1.29, 1.82) is 0 Å². The Labute approximate surface area is 118 Å². The first-order chi connectivity index (χ1) is 9.46. The maximum absolute atomic E-state index is 11.1. The van der Waals surface area contributed by atoms with Gasteiger partial charge in [-0.15, -0.1) is 0 Å². The number of carbonyl (C=O) groups is 1. The molecule has 1 N–H and O–H groups in total. The number of carboxylic acids is 1. The Morgan fingerprint density at radius 3 is 2.70 bits per heavy atom. The highest BCUT2D eigenvalue weighted by Crippen LogP contribution is 2.40. The zero-order chi connectivity index (χ0) is 14.3. The number of aromatic carboxylic acids is 1. The zero-order valence-electron chi connectivity index (χ0n) is 12.0. The van der Waals surface area contributed by atoms with Gasteiger partial charge in [0, 0.05) is 6.04 Å². The summed E-state index contributed by atoms with van der Waals surface area (Å²) in [4.78, 5) is 15.5. The maximum atomic E-state index is 11.1. The predicted molar refractivity (Wildman–Crippen MR) is 78.0 cm³/mol. The number of fused-ring (bicyclic) bond motifs is 1. The highest BCUT2D eigenvalue weighted by Gasteiger charge is 2.28. The molecule has 0 unspecified atom stereocenters. The van der Waals surface area contributed by atoms with E-state index in [0.29, 0.717) is 17.0 Å². The molecule has 1 aliphatic carbocycles. The van der Waals surface area contributed by atoms with E-state index in [1.807, 2.05) is 6.33 Å². The minimum absolute atomic E-state index is 0.329. The van der Waals surface area contributed by atoms with Gasteiger partial charge in [-0.05, 0) is 49.3 Å². The summed E-state index contributed by atoms with van der Waals surface area (Å²) in [5.74, 6) is -0.885. The molecular weight excluding hydrogens is 252 g/mol. The Kier molecular flexibility index (Phi) is 3.04. The van der Waals surface area contributed by atoms with Crippen LogP contribution in [0.25, 0.3) is 11.0 Å². The fourth-order valence-electron chi connectivity index (χ4n) is 3.11. The van der Waals surface area contributed by atoms with Gasteiger partial charge in [-0.2, -0.15) is 0 Å². The fraction of sp³-hybridized carbons (Fsp3) is 0.500. The van der Waals surface area contributed by atoms with E-state index in [1.54, 1.807) is 18.2 Å². The quantitative estimate of drug-likeness (QED) is 0.902. The highest BCUT2D eigenvalue weighted by molar-refractivity contribution is 5.92. The molecule has 0 saturated heterocycles. The summed E-state index contributed by atoms with van der Waals surface area (Å²) in [5.41, 5.74) is 2.57. The van der Waals surface area contributed by atoms with Gasteiger partial charge in [-0.25, -0.2) is 9.78 Å². The normalized spacial score (nSPS) is 19.3. The molecule has 0 aliphatic heterocycles. The summed E-state index contributed by atoms with van der Waals surface area (Å²) < 4.78 is 2.16. The molecular formula is C16H20N2O2. The summed E-state index contributed by atoms with van der Waals surface area (Å²) >= 11 is 0. The van der Waals surface area contributed by atoms with E-state index < -0.39 is 5.97 Å². The number of carboxylic acid groups (broad SMARTS) is 1.